The summed E-state index contributed by atoms with van der Waals surface area (Å²) in [5.41, 5.74) is 3.39. The molecule has 0 unspecified atom stereocenters. The molecule has 8 heteroatoms. The molecule has 0 radical (unpaired) electrons. The molecule has 2 aliphatic rings. The number of carbonyl (C=O) groups is 3. The van der Waals surface area contributed by atoms with Gasteiger partial charge < -0.3 is 19.5 Å². The highest BCUT2D eigenvalue weighted by Crippen LogP contribution is 2.49. The van der Waals surface area contributed by atoms with E-state index >= 15 is 0 Å². The number of carbonyl (C=O) groups excluding carboxylic acids is 3. The number of Topliss-reactive ketones (excluding diaryl/α,β-unsaturated/α-hetero) is 1. The van der Waals surface area contributed by atoms with E-state index in [1.165, 1.54) is 0 Å². The molecule has 0 bridgehead atoms. The number of esters is 2. The average molecular weight is 524 g/mol. The van der Waals surface area contributed by atoms with E-state index in [1.54, 1.807) is 58.2 Å². The summed E-state index contributed by atoms with van der Waals surface area (Å²) in [6.07, 6.45) is 0.350. The zero-order chi connectivity index (χ0) is 26.7. The number of halogens is 1. The van der Waals surface area contributed by atoms with Crippen LogP contribution < -0.4 is 10.1 Å². The third kappa shape index (κ3) is 5.01. The molecule has 3 atom stereocenters. The fourth-order valence-electron chi connectivity index (χ4n) is 5.27. The Balaban J connectivity index is 1.91. The average Bonchev–Trinajstić information content (AvgIpc) is 2.88. The minimum Gasteiger partial charge on any atom is -0.496 e. The number of ether oxygens (including phenoxy) is 3. The van der Waals surface area contributed by atoms with Gasteiger partial charge in [0.1, 0.15) is 11.7 Å². The summed E-state index contributed by atoms with van der Waals surface area (Å²) >= 11 is 6.14. The highest BCUT2D eigenvalue weighted by molar-refractivity contribution is 6.30. The van der Waals surface area contributed by atoms with Crippen molar-refractivity contribution in [2.75, 3.05) is 20.3 Å². The molecular weight excluding hydrogens is 494 g/mol. The molecule has 1 aliphatic carbocycles. The van der Waals surface area contributed by atoms with Crippen molar-refractivity contribution in [3.63, 3.8) is 0 Å². The Morgan fingerprint density at radius 3 is 2.35 bits per heavy atom. The van der Waals surface area contributed by atoms with E-state index in [4.69, 9.17) is 25.8 Å². The van der Waals surface area contributed by atoms with E-state index in [-0.39, 0.29) is 13.2 Å². The van der Waals surface area contributed by atoms with Crippen LogP contribution in [0.25, 0.3) is 0 Å². The number of nitrogens with one attached hydrogen (secondary N) is 1. The molecule has 2 aromatic rings. The van der Waals surface area contributed by atoms with Gasteiger partial charge in [0, 0.05) is 33.8 Å². The van der Waals surface area contributed by atoms with Crippen LogP contribution >= 0.6 is 11.6 Å². The molecule has 0 aromatic heterocycles. The van der Waals surface area contributed by atoms with Gasteiger partial charge in [0.25, 0.3) is 0 Å². The van der Waals surface area contributed by atoms with Crippen LogP contribution in [0, 0.1) is 5.92 Å². The van der Waals surface area contributed by atoms with Crippen molar-refractivity contribution in [1.29, 1.82) is 0 Å². The fraction of sp³-hybridized carbons (Fsp3) is 0.345. The van der Waals surface area contributed by atoms with Crippen LogP contribution in [0.1, 0.15) is 50.2 Å². The largest absolute Gasteiger partial charge is 0.496 e. The van der Waals surface area contributed by atoms with Crippen LogP contribution in [0.15, 0.2) is 71.1 Å². The summed E-state index contributed by atoms with van der Waals surface area (Å²) in [6, 6.07) is 14.4. The maximum atomic E-state index is 14.3. The standard InChI is InChI=1S/C29H30ClNO6/c1-5-36-28(33)23-16(3)31-21-15-20(19-9-7-8-10-22(19)35-4)25(29(34)37-6-2)27(32)26(21)24(23)17-11-13-18(30)14-12-17/h7-14,20,24-25,31H,5-6,15H2,1-4H3/t20-,24+,25+/m0/s1. The van der Waals surface area contributed by atoms with Gasteiger partial charge in [-0.15, -0.1) is 0 Å². The quantitative estimate of drug-likeness (QED) is 0.400. The van der Waals surface area contributed by atoms with Crippen molar-refractivity contribution in [2.45, 2.75) is 39.0 Å². The van der Waals surface area contributed by atoms with Gasteiger partial charge in [0.15, 0.2) is 5.78 Å². The first-order valence-corrected chi connectivity index (χ1v) is 12.7. The van der Waals surface area contributed by atoms with Crippen LogP contribution in [0.2, 0.25) is 5.02 Å². The monoisotopic (exact) mass is 523 g/mol. The number of para-hydroxylation sites is 1. The van der Waals surface area contributed by atoms with Crippen LogP contribution in [-0.2, 0) is 23.9 Å². The Bertz CT molecular complexity index is 1280. The summed E-state index contributed by atoms with van der Waals surface area (Å²) in [5.74, 6) is -3.28. The first-order valence-electron chi connectivity index (χ1n) is 12.3. The third-order valence-corrected chi connectivity index (χ3v) is 7.05. The van der Waals surface area contributed by atoms with Crippen molar-refractivity contribution in [1.82, 2.24) is 5.32 Å². The maximum absolute atomic E-state index is 14.3. The zero-order valence-corrected chi connectivity index (χ0v) is 22.1. The van der Waals surface area contributed by atoms with E-state index in [0.29, 0.717) is 45.3 Å². The number of hydrogen-bond acceptors (Lipinski definition) is 7. The Hall–Kier alpha value is -3.58. The van der Waals surface area contributed by atoms with Crippen molar-refractivity contribution >= 4 is 29.3 Å². The Morgan fingerprint density at radius 2 is 1.70 bits per heavy atom. The van der Waals surface area contributed by atoms with Gasteiger partial charge in [-0.2, -0.15) is 0 Å². The van der Waals surface area contributed by atoms with E-state index in [0.717, 1.165) is 5.56 Å². The minimum atomic E-state index is -1.10. The molecule has 1 heterocycles. The normalized spacial score (nSPS) is 21.2. The SMILES string of the molecule is CCOC(=O)C1=C(C)NC2=C(C(=O)[C@H](C(=O)OCC)[C@H](c3ccccc3OC)C2)[C@@H]1c1ccc(Cl)cc1. The van der Waals surface area contributed by atoms with Crippen LogP contribution in [0.4, 0.5) is 0 Å². The Morgan fingerprint density at radius 1 is 1.03 bits per heavy atom. The predicted octanol–water partition coefficient (Wildman–Crippen LogP) is 5.06. The van der Waals surface area contributed by atoms with Gasteiger partial charge in [-0.25, -0.2) is 4.79 Å². The molecule has 7 nitrogen and oxygen atoms in total. The second-order valence-electron chi connectivity index (χ2n) is 8.91. The molecule has 0 spiro atoms. The van der Waals surface area contributed by atoms with Crippen LogP contribution in [-0.4, -0.2) is 38.0 Å². The summed E-state index contributed by atoms with van der Waals surface area (Å²) in [5, 5.41) is 3.83. The van der Waals surface area contributed by atoms with Gasteiger partial charge >= 0.3 is 11.9 Å². The van der Waals surface area contributed by atoms with Crippen molar-refractivity contribution < 1.29 is 28.6 Å². The number of methoxy groups -OCH3 is 1. The molecule has 0 saturated heterocycles. The lowest BCUT2D eigenvalue weighted by Gasteiger charge is -2.39. The van der Waals surface area contributed by atoms with E-state index in [9.17, 15) is 14.4 Å². The zero-order valence-electron chi connectivity index (χ0n) is 21.3. The lowest BCUT2D eigenvalue weighted by molar-refractivity contribution is -0.152. The number of benzene rings is 2. The minimum absolute atomic E-state index is 0.138. The number of allylic oxidation sites excluding steroid dienone is 3. The molecule has 37 heavy (non-hydrogen) atoms. The van der Waals surface area contributed by atoms with Gasteiger partial charge in [-0.3, -0.25) is 9.59 Å². The molecule has 0 amide bonds. The van der Waals surface area contributed by atoms with Gasteiger partial charge in [-0.1, -0.05) is 41.9 Å². The highest BCUT2D eigenvalue weighted by atomic mass is 35.5. The molecule has 2 aromatic carbocycles. The Kier molecular flexibility index (Phi) is 8.03. The maximum Gasteiger partial charge on any atom is 0.336 e. The number of dihydropyridines is 1. The Labute approximate surface area is 221 Å². The van der Waals surface area contributed by atoms with Gasteiger partial charge in [0.05, 0.1) is 25.9 Å². The topological polar surface area (TPSA) is 90.9 Å². The van der Waals surface area contributed by atoms with E-state index < -0.39 is 35.5 Å². The van der Waals surface area contributed by atoms with E-state index in [2.05, 4.69) is 5.32 Å². The summed E-state index contributed by atoms with van der Waals surface area (Å²) < 4.78 is 16.3. The highest BCUT2D eigenvalue weighted by Gasteiger charge is 2.49. The first-order chi connectivity index (χ1) is 17.8. The third-order valence-electron chi connectivity index (χ3n) is 6.80. The van der Waals surface area contributed by atoms with E-state index in [1.807, 2.05) is 18.2 Å². The first kappa shape index (κ1) is 26.5. The summed E-state index contributed by atoms with van der Waals surface area (Å²) in [7, 11) is 1.56. The van der Waals surface area contributed by atoms with Crippen molar-refractivity contribution in [3.05, 3.63) is 87.2 Å². The lowest BCUT2D eigenvalue weighted by atomic mass is 9.67. The smallest absolute Gasteiger partial charge is 0.336 e. The number of rotatable bonds is 7. The molecule has 4 rings (SSSR count). The molecule has 194 valence electrons. The molecule has 0 saturated carbocycles. The summed E-state index contributed by atoms with van der Waals surface area (Å²) in [6.45, 7) is 5.55. The molecule has 1 aliphatic heterocycles. The molecular formula is C29H30ClNO6. The van der Waals surface area contributed by atoms with Crippen LogP contribution in [0.3, 0.4) is 0 Å². The second-order valence-corrected chi connectivity index (χ2v) is 9.34. The number of ketones is 1. The second kappa shape index (κ2) is 11.2. The van der Waals surface area contributed by atoms with Crippen LogP contribution in [0.5, 0.6) is 5.75 Å². The van der Waals surface area contributed by atoms with Gasteiger partial charge in [0.2, 0.25) is 0 Å². The predicted molar refractivity (Wildman–Crippen MR) is 139 cm³/mol. The van der Waals surface area contributed by atoms with Crippen molar-refractivity contribution in [2.24, 2.45) is 5.92 Å². The molecule has 0 fully saturated rings. The van der Waals surface area contributed by atoms with Gasteiger partial charge in [-0.05, 0) is 56.5 Å². The lowest BCUT2D eigenvalue weighted by Crippen LogP contribution is -2.43. The molecule has 1 N–H and O–H groups in total. The summed E-state index contributed by atoms with van der Waals surface area (Å²) in [4.78, 5) is 40.7. The number of hydrogen-bond donors (Lipinski definition) is 1. The van der Waals surface area contributed by atoms with Crippen molar-refractivity contribution in [3.8, 4) is 5.75 Å². The fourth-order valence-corrected chi connectivity index (χ4v) is 5.40.